The van der Waals surface area contributed by atoms with Gasteiger partial charge in [0.25, 0.3) is 11.7 Å². The van der Waals surface area contributed by atoms with Crippen molar-refractivity contribution < 1.29 is 23.5 Å². The van der Waals surface area contributed by atoms with Crippen LogP contribution < -0.4 is 4.90 Å². The summed E-state index contributed by atoms with van der Waals surface area (Å²) in [5.74, 6) is -3.33. The molecular formula is C24H15Cl2F2NO3. The first-order valence-electron chi connectivity index (χ1n) is 9.46. The Balaban J connectivity index is 1.97. The molecule has 1 aliphatic heterocycles. The van der Waals surface area contributed by atoms with Crippen LogP contribution in [0.1, 0.15) is 22.7 Å². The Morgan fingerprint density at radius 2 is 1.56 bits per heavy atom. The number of carbonyl (C=O) groups excluding carboxylic acids is 2. The van der Waals surface area contributed by atoms with E-state index in [4.69, 9.17) is 23.2 Å². The lowest BCUT2D eigenvalue weighted by Crippen LogP contribution is -2.29. The molecule has 0 radical (unpaired) electrons. The fraction of sp³-hybridized carbons (Fsp3) is 0.0833. The molecule has 1 amide bonds. The van der Waals surface area contributed by atoms with Gasteiger partial charge in [0, 0.05) is 21.3 Å². The second-order valence-corrected chi connectivity index (χ2v) is 8.19. The van der Waals surface area contributed by atoms with Crippen molar-refractivity contribution in [2.45, 2.75) is 13.0 Å². The van der Waals surface area contributed by atoms with Gasteiger partial charge in [-0.15, -0.1) is 0 Å². The molecule has 4 rings (SSSR count). The molecule has 0 bridgehead atoms. The topological polar surface area (TPSA) is 57.6 Å². The average Bonchev–Trinajstić information content (AvgIpc) is 3.00. The van der Waals surface area contributed by atoms with Crippen LogP contribution in [0.15, 0.2) is 66.2 Å². The summed E-state index contributed by atoms with van der Waals surface area (Å²) in [6, 6.07) is 12.3. The van der Waals surface area contributed by atoms with Crippen molar-refractivity contribution in [1.29, 1.82) is 0 Å². The Labute approximate surface area is 192 Å². The molecule has 1 saturated heterocycles. The van der Waals surface area contributed by atoms with E-state index >= 15 is 0 Å². The first-order chi connectivity index (χ1) is 15.2. The zero-order valence-electron chi connectivity index (χ0n) is 16.6. The van der Waals surface area contributed by atoms with E-state index in [0.29, 0.717) is 5.56 Å². The Kier molecular flexibility index (Phi) is 5.75. The zero-order valence-corrected chi connectivity index (χ0v) is 18.1. The van der Waals surface area contributed by atoms with Gasteiger partial charge < -0.3 is 5.11 Å². The molecule has 1 heterocycles. The normalized spacial score (nSPS) is 17.8. The predicted molar refractivity (Wildman–Crippen MR) is 119 cm³/mol. The highest BCUT2D eigenvalue weighted by molar-refractivity contribution is 6.52. The maximum absolute atomic E-state index is 13.7. The molecule has 32 heavy (non-hydrogen) atoms. The number of carbonyl (C=O) groups is 2. The van der Waals surface area contributed by atoms with Gasteiger partial charge in [-0.25, -0.2) is 8.78 Å². The predicted octanol–water partition coefficient (Wildman–Crippen LogP) is 6.21. The van der Waals surface area contributed by atoms with Crippen molar-refractivity contribution in [3.63, 3.8) is 0 Å². The van der Waals surface area contributed by atoms with Crippen molar-refractivity contribution in [2.75, 3.05) is 4.90 Å². The summed E-state index contributed by atoms with van der Waals surface area (Å²) >= 11 is 12.2. The molecule has 1 fully saturated rings. The second kappa shape index (κ2) is 8.37. The van der Waals surface area contributed by atoms with E-state index in [2.05, 4.69) is 0 Å². The highest BCUT2D eigenvalue weighted by atomic mass is 35.5. The molecule has 0 spiro atoms. The number of amides is 1. The third-order valence-corrected chi connectivity index (χ3v) is 5.62. The average molecular weight is 474 g/mol. The van der Waals surface area contributed by atoms with E-state index in [1.807, 2.05) is 0 Å². The smallest absolute Gasteiger partial charge is 0.300 e. The van der Waals surface area contributed by atoms with Crippen LogP contribution in [0.5, 0.6) is 0 Å². The number of Topliss-reactive ketones (excluding diaryl/α,β-unsaturated/α-hetero) is 1. The SMILES string of the molecule is Cc1cc(/C(O)=C2\C(=O)C(=O)N(c3cc(Cl)cc(Cl)c3)C2c2ccc(F)cc2)ccc1F. The van der Waals surface area contributed by atoms with Gasteiger partial charge in [-0.3, -0.25) is 14.5 Å². The Morgan fingerprint density at radius 1 is 0.938 bits per heavy atom. The second-order valence-electron chi connectivity index (χ2n) is 7.31. The van der Waals surface area contributed by atoms with Crippen LogP contribution in [-0.2, 0) is 9.59 Å². The minimum absolute atomic E-state index is 0.165. The van der Waals surface area contributed by atoms with Crippen LogP contribution in [0.3, 0.4) is 0 Å². The van der Waals surface area contributed by atoms with Crippen molar-refractivity contribution >= 4 is 46.3 Å². The lowest BCUT2D eigenvalue weighted by Gasteiger charge is -2.25. The molecule has 3 aromatic rings. The number of aliphatic hydroxyl groups is 1. The Morgan fingerprint density at radius 3 is 2.16 bits per heavy atom. The van der Waals surface area contributed by atoms with Gasteiger partial charge >= 0.3 is 0 Å². The van der Waals surface area contributed by atoms with E-state index in [9.17, 15) is 23.5 Å². The minimum atomic E-state index is -1.09. The third kappa shape index (κ3) is 3.87. The summed E-state index contributed by atoms with van der Waals surface area (Å²) in [6.07, 6.45) is 0. The standard InChI is InChI=1S/C24H15Cl2F2NO3/c1-12-8-14(4-7-19(12)28)22(30)20-21(13-2-5-17(27)6-3-13)29(24(32)23(20)31)18-10-15(25)9-16(26)11-18/h2-11,21,30H,1H3/b22-20+. The Bertz CT molecular complexity index is 1270. The summed E-state index contributed by atoms with van der Waals surface area (Å²) in [7, 11) is 0. The molecule has 162 valence electrons. The van der Waals surface area contributed by atoms with Gasteiger partial charge in [0.1, 0.15) is 17.4 Å². The van der Waals surface area contributed by atoms with Crippen LogP contribution in [0.2, 0.25) is 10.0 Å². The fourth-order valence-corrected chi connectivity index (χ4v) is 4.20. The van der Waals surface area contributed by atoms with Gasteiger partial charge in [0.2, 0.25) is 0 Å². The molecule has 1 atom stereocenters. The number of hydrogen-bond donors (Lipinski definition) is 1. The van der Waals surface area contributed by atoms with Gasteiger partial charge in [-0.2, -0.15) is 0 Å². The molecular weight excluding hydrogens is 459 g/mol. The van der Waals surface area contributed by atoms with Gasteiger partial charge in [0.05, 0.1) is 11.6 Å². The molecule has 1 aliphatic rings. The largest absolute Gasteiger partial charge is 0.507 e. The summed E-state index contributed by atoms with van der Waals surface area (Å²) in [4.78, 5) is 27.3. The highest BCUT2D eigenvalue weighted by Gasteiger charge is 2.47. The number of nitrogens with zero attached hydrogens (tertiary/aromatic N) is 1. The summed E-state index contributed by atoms with van der Waals surface area (Å²) in [5.41, 5.74) is 0.806. The lowest BCUT2D eigenvalue weighted by atomic mass is 9.94. The van der Waals surface area contributed by atoms with Crippen LogP contribution in [0.25, 0.3) is 5.76 Å². The maximum Gasteiger partial charge on any atom is 0.300 e. The molecule has 1 unspecified atom stereocenters. The molecule has 4 nitrogen and oxygen atoms in total. The number of halogens is 4. The van der Waals surface area contributed by atoms with Crippen molar-refractivity contribution in [1.82, 2.24) is 0 Å². The van der Waals surface area contributed by atoms with E-state index in [0.717, 1.165) is 11.0 Å². The summed E-state index contributed by atoms with van der Waals surface area (Å²) in [6.45, 7) is 1.51. The van der Waals surface area contributed by atoms with Gasteiger partial charge in [-0.05, 0) is 66.6 Å². The first-order valence-corrected chi connectivity index (χ1v) is 10.2. The maximum atomic E-state index is 13.7. The summed E-state index contributed by atoms with van der Waals surface area (Å²) < 4.78 is 27.3. The number of rotatable bonds is 3. The van der Waals surface area contributed by atoms with E-state index in [1.165, 1.54) is 61.5 Å². The Hall–Kier alpha value is -3.22. The van der Waals surface area contributed by atoms with Crippen LogP contribution >= 0.6 is 23.2 Å². The minimum Gasteiger partial charge on any atom is -0.507 e. The first kappa shape index (κ1) is 22.0. The van der Waals surface area contributed by atoms with Crippen LogP contribution in [-0.4, -0.2) is 16.8 Å². The number of aryl methyl sites for hydroxylation is 1. The van der Waals surface area contributed by atoms with Gasteiger partial charge in [-0.1, -0.05) is 35.3 Å². The number of aliphatic hydroxyl groups excluding tert-OH is 1. The number of ketones is 1. The van der Waals surface area contributed by atoms with Crippen molar-refractivity contribution in [3.8, 4) is 0 Å². The molecule has 8 heteroatoms. The molecule has 3 aromatic carbocycles. The van der Waals surface area contributed by atoms with Crippen LogP contribution in [0.4, 0.5) is 14.5 Å². The van der Waals surface area contributed by atoms with Crippen LogP contribution in [0, 0.1) is 18.6 Å². The summed E-state index contributed by atoms with van der Waals surface area (Å²) in [5, 5.41) is 11.5. The molecule has 0 aliphatic carbocycles. The van der Waals surface area contributed by atoms with Crippen molar-refractivity contribution in [3.05, 3.63) is 105 Å². The molecule has 0 aromatic heterocycles. The van der Waals surface area contributed by atoms with E-state index in [-0.39, 0.29) is 32.4 Å². The number of benzene rings is 3. The zero-order chi connectivity index (χ0) is 23.2. The third-order valence-electron chi connectivity index (χ3n) is 5.19. The molecule has 1 N–H and O–H groups in total. The van der Waals surface area contributed by atoms with Gasteiger partial charge in [0.15, 0.2) is 0 Å². The number of anilines is 1. The monoisotopic (exact) mass is 473 g/mol. The number of hydrogen-bond acceptors (Lipinski definition) is 3. The lowest BCUT2D eigenvalue weighted by molar-refractivity contribution is -0.132. The van der Waals surface area contributed by atoms with E-state index in [1.54, 1.807) is 0 Å². The van der Waals surface area contributed by atoms with E-state index < -0.39 is 35.1 Å². The quantitative estimate of drug-likeness (QED) is 0.279. The van der Waals surface area contributed by atoms with Crippen molar-refractivity contribution in [2.24, 2.45) is 0 Å². The highest BCUT2D eigenvalue weighted by Crippen LogP contribution is 2.43. The fourth-order valence-electron chi connectivity index (χ4n) is 3.69. The molecule has 0 saturated carbocycles.